The van der Waals surface area contributed by atoms with Crippen LogP contribution >= 0.6 is 27.5 Å². The van der Waals surface area contributed by atoms with E-state index in [1.54, 1.807) is 18.3 Å². The van der Waals surface area contributed by atoms with E-state index >= 15 is 0 Å². The van der Waals surface area contributed by atoms with Crippen LogP contribution in [0.25, 0.3) is 0 Å². The van der Waals surface area contributed by atoms with Crippen molar-refractivity contribution in [3.05, 3.63) is 63.1 Å². The second kappa shape index (κ2) is 5.78. The van der Waals surface area contributed by atoms with Gasteiger partial charge in [-0.3, -0.25) is 4.98 Å². The van der Waals surface area contributed by atoms with Crippen LogP contribution in [0.3, 0.4) is 0 Å². The molecule has 0 aliphatic carbocycles. The second-order valence-electron chi connectivity index (χ2n) is 3.89. The van der Waals surface area contributed by atoms with Crippen LogP contribution in [0, 0.1) is 5.82 Å². The Labute approximate surface area is 118 Å². The minimum atomic E-state index is -0.808. The lowest BCUT2D eigenvalue weighted by Gasteiger charge is -2.12. The van der Waals surface area contributed by atoms with Crippen LogP contribution in [-0.4, -0.2) is 10.1 Å². The zero-order chi connectivity index (χ0) is 13.1. The van der Waals surface area contributed by atoms with Crippen molar-refractivity contribution in [3.8, 4) is 0 Å². The summed E-state index contributed by atoms with van der Waals surface area (Å²) in [6.07, 6.45) is 2.63. The van der Waals surface area contributed by atoms with Gasteiger partial charge in [-0.15, -0.1) is 0 Å². The molecule has 94 valence electrons. The van der Waals surface area contributed by atoms with E-state index in [0.717, 1.165) is 5.56 Å². The van der Waals surface area contributed by atoms with Crippen LogP contribution in [0.4, 0.5) is 4.39 Å². The fraction of sp³-hybridized carbons (Fsp3) is 0.154. The highest BCUT2D eigenvalue weighted by Crippen LogP contribution is 2.25. The first-order valence-corrected chi connectivity index (χ1v) is 6.46. The third-order valence-electron chi connectivity index (χ3n) is 2.54. The highest BCUT2D eigenvalue weighted by atomic mass is 79.9. The molecular formula is C13H10BrClFNO. The first-order chi connectivity index (χ1) is 8.56. The maximum atomic E-state index is 13.2. The molecule has 0 fully saturated rings. The molecule has 1 unspecified atom stereocenters. The summed E-state index contributed by atoms with van der Waals surface area (Å²) in [7, 11) is 0. The lowest BCUT2D eigenvalue weighted by molar-refractivity contribution is 0.178. The Hall–Kier alpha value is -0.970. The summed E-state index contributed by atoms with van der Waals surface area (Å²) in [5.41, 5.74) is 1.29. The first kappa shape index (κ1) is 13.5. The Kier molecular flexibility index (Phi) is 4.32. The number of rotatable bonds is 3. The SMILES string of the molecule is OC(Cc1ccncc1Cl)c1cc(F)cc(Br)c1. The van der Waals surface area contributed by atoms with Crippen molar-refractivity contribution in [3.63, 3.8) is 0 Å². The van der Waals surface area contributed by atoms with Gasteiger partial charge in [0.15, 0.2) is 0 Å². The van der Waals surface area contributed by atoms with Gasteiger partial charge in [-0.25, -0.2) is 4.39 Å². The topological polar surface area (TPSA) is 33.1 Å². The molecule has 1 aromatic carbocycles. The molecular weight excluding hydrogens is 321 g/mol. The van der Waals surface area contributed by atoms with E-state index in [1.807, 2.05) is 0 Å². The zero-order valence-electron chi connectivity index (χ0n) is 9.28. The average molecular weight is 331 g/mol. The van der Waals surface area contributed by atoms with Crippen molar-refractivity contribution in [2.24, 2.45) is 0 Å². The van der Waals surface area contributed by atoms with Crippen LogP contribution in [-0.2, 0) is 6.42 Å². The predicted molar refractivity (Wildman–Crippen MR) is 72.0 cm³/mol. The number of hydrogen-bond acceptors (Lipinski definition) is 2. The molecule has 0 saturated carbocycles. The number of nitrogens with zero attached hydrogens (tertiary/aromatic N) is 1. The Bertz CT molecular complexity index is 544. The number of aliphatic hydroxyl groups is 1. The molecule has 1 aromatic heterocycles. The summed E-state index contributed by atoms with van der Waals surface area (Å²) in [6.45, 7) is 0. The molecule has 2 nitrogen and oxygen atoms in total. The molecule has 18 heavy (non-hydrogen) atoms. The van der Waals surface area contributed by atoms with Gasteiger partial charge in [0.25, 0.3) is 0 Å². The van der Waals surface area contributed by atoms with Crippen molar-refractivity contribution in [2.75, 3.05) is 0 Å². The monoisotopic (exact) mass is 329 g/mol. The molecule has 0 radical (unpaired) electrons. The molecule has 0 aliphatic rings. The second-order valence-corrected chi connectivity index (χ2v) is 5.21. The highest BCUT2D eigenvalue weighted by molar-refractivity contribution is 9.10. The average Bonchev–Trinajstić information content (AvgIpc) is 2.31. The molecule has 1 N–H and O–H groups in total. The van der Waals surface area contributed by atoms with E-state index in [9.17, 15) is 9.50 Å². The number of aromatic nitrogens is 1. The Balaban J connectivity index is 2.22. The van der Waals surface area contributed by atoms with Gasteiger partial charge in [0.2, 0.25) is 0 Å². The van der Waals surface area contributed by atoms with Gasteiger partial charge in [0.05, 0.1) is 11.1 Å². The molecule has 1 heterocycles. The number of halogens is 3. The lowest BCUT2D eigenvalue weighted by Crippen LogP contribution is -2.03. The maximum absolute atomic E-state index is 13.2. The van der Waals surface area contributed by atoms with E-state index in [2.05, 4.69) is 20.9 Å². The molecule has 0 aliphatic heterocycles. The van der Waals surface area contributed by atoms with Crippen molar-refractivity contribution in [2.45, 2.75) is 12.5 Å². The van der Waals surface area contributed by atoms with Crippen molar-refractivity contribution >= 4 is 27.5 Å². The summed E-state index contributed by atoms with van der Waals surface area (Å²) < 4.78 is 13.8. The largest absolute Gasteiger partial charge is 0.388 e. The van der Waals surface area contributed by atoms with Crippen LogP contribution in [0.2, 0.25) is 5.02 Å². The van der Waals surface area contributed by atoms with Gasteiger partial charge in [0, 0.05) is 23.3 Å². The van der Waals surface area contributed by atoms with Crippen molar-refractivity contribution < 1.29 is 9.50 Å². The van der Waals surface area contributed by atoms with Gasteiger partial charge >= 0.3 is 0 Å². The first-order valence-electron chi connectivity index (χ1n) is 5.28. The fourth-order valence-corrected chi connectivity index (χ4v) is 2.34. The van der Waals surface area contributed by atoms with E-state index < -0.39 is 6.10 Å². The Morgan fingerprint density at radius 1 is 1.39 bits per heavy atom. The predicted octanol–water partition coefficient (Wildman–Crippen LogP) is 3.91. The van der Waals surface area contributed by atoms with Gasteiger partial charge in [-0.1, -0.05) is 27.5 Å². The molecule has 0 spiro atoms. The zero-order valence-corrected chi connectivity index (χ0v) is 11.6. The molecule has 0 amide bonds. The maximum Gasteiger partial charge on any atom is 0.124 e. The Morgan fingerprint density at radius 3 is 2.83 bits per heavy atom. The van der Waals surface area contributed by atoms with Crippen LogP contribution < -0.4 is 0 Å². The molecule has 1 atom stereocenters. The fourth-order valence-electron chi connectivity index (χ4n) is 1.66. The normalized spacial score (nSPS) is 12.4. The number of pyridine rings is 1. The van der Waals surface area contributed by atoms with E-state index in [1.165, 1.54) is 18.3 Å². The minimum absolute atomic E-state index is 0.317. The summed E-state index contributed by atoms with van der Waals surface area (Å²) in [5.74, 6) is -0.390. The van der Waals surface area contributed by atoms with Gasteiger partial charge in [0.1, 0.15) is 5.82 Å². The van der Waals surface area contributed by atoms with Crippen LogP contribution in [0.1, 0.15) is 17.2 Å². The molecule has 2 rings (SSSR count). The summed E-state index contributed by atoms with van der Waals surface area (Å²) >= 11 is 9.16. The minimum Gasteiger partial charge on any atom is -0.388 e. The number of aliphatic hydroxyl groups excluding tert-OH is 1. The van der Waals surface area contributed by atoms with Crippen LogP contribution in [0.15, 0.2) is 41.1 Å². The summed E-state index contributed by atoms with van der Waals surface area (Å²) in [4.78, 5) is 3.87. The third kappa shape index (κ3) is 3.28. The summed E-state index contributed by atoms with van der Waals surface area (Å²) in [5, 5.41) is 10.6. The number of hydrogen-bond donors (Lipinski definition) is 1. The Morgan fingerprint density at radius 2 is 2.17 bits per heavy atom. The quantitative estimate of drug-likeness (QED) is 0.925. The lowest BCUT2D eigenvalue weighted by atomic mass is 10.0. The van der Waals surface area contributed by atoms with Crippen molar-refractivity contribution in [1.29, 1.82) is 0 Å². The van der Waals surface area contributed by atoms with E-state index in [4.69, 9.17) is 11.6 Å². The van der Waals surface area contributed by atoms with E-state index in [-0.39, 0.29) is 5.82 Å². The molecule has 0 saturated heterocycles. The van der Waals surface area contributed by atoms with Crippen molar-refractivity contribution in [1.82, 2.24) is 4.98 Å². The standard InChI is InChI=1S/C13H10BrClFNO/c14-10-3-9(4-11(16)6-10)13(18)5-8-1-2-17-7-12(8)15/h1-4,6-7,13,18H,5H2. The molecule has 5 heteroatoms. The highest BCUT2D eigenvalue weighted by Gasteiger charge is 2.12. The van der Waals surface area contributed by atoms with E-state index in [0.29, 0.717) is 21.5 Å². The number of benzene rings is 1. The summed E-state index contributed by atoms with van der Waals surface area (Å²) in [6, 6.07) is 6.07. The smallest absolute Gasteiger partial charge is 0.124 e. The van der Waals surface area contributed by atoms with Gasteiger partial charge in [-0.2, -0.15) is 0 Å². The molecule has 0 bridgehead atoms. The van der Waals surface area contributed by atoms with Crippen LogP contribution in [0.5, 0.6) is 0 Å². The molecule has 2 aromatic rings. The van der Waals surface area contributed by atoms with Gasteiger partial charge in [-0.05, 0) is 35.4 Å². The third-order valence-corrected chi connectivity index (χ3v) is 3.34. The van der Waals surface area contributed by atoms with Gasteiger partial charge < -0.3 is 5.11 Å².